The highest BCUT2D eigenvalue weighted by Crippen LogP contribution is 2.21. The zero-order chi connectivity index (χ0) is 18.4. The van der Waals surface area contributed by atoms with Crippen LogP contribution >= 0.6 is 0 Å². The van der Waals surface area contributed by atoms with Gasteiger partial charge in [-0.2, -0.15) is 5.10 Å². The lowest BCUT2D eigenvalue weighted by molar-refractivity contribution is 0.475. The molecule has 4 heteroatoms. The monoisotopic (exact) mass is 345 g/mol. The molecule has 0 aliphatic carbocycles. The molecule has 0 unspecified atom stereocenters. The van der Waals surface area contributed by atoms with Crippen LogP contribution in [0.25, 0.3) is 0 Å². The molecule has 0 radical (unpaired) electrons. The minimum absolute atomic E-state index is 0.262. The number of aryl methyl sites for hydroxylation is 2. The molecular formula is C22H23N3O. The van der Waals surface area contributed by atoms with Crippen LogP contribution in [0.3, 0.4) is 0 Å². The molecule has 0 fully saturated rings. The molecule has 0 spiro atoms. The van der Waals surface area contributed by atoms with Crippen molar-refractivity contribution in [2.45, 2.75) is 20.3 Å². The Bertz CT molecular complexity index is 902. The molecule has 0 aliphatic rings. The number of phenolic OH excluding ortho intramolecular Hbond substituents is 1. The van der Waals surface area contributed by atoms with Gasteiger partial charge in [0.25, 0.3) is 0 Å². The second kappa shape index (κ2) is 8.21. The van der Waals surface area contributed by atoms with Gasteiger partial charge in [0.15, 0.2) is 0 Å². The predicted molar refractivity (Wildman–Crippen MR) is 110 cm³/mol. The fourth-order valence-electron chi connectivity index (χ4n) is 2.64. The maximum absolute atomic E-state index is 9.45. The second-order valence-corrected chi connectivity index (χ2v) is 6.17. The van der Waals surface area contributed by atoms with E-state index in [0.29, 0.717) is 0 Å². The largest absolute Gasteiger partial charge is 0.508 e. The Morgan fingerprint density at radius 3 is 2.42 bits per heavy atom. The Labute approximate surface area is 154 Å². The number of aromatic hydroxyl groups is 1. The lowest BCUT2D eigenvalue weighted by atomic mass is 10.1. The van der Waals surface area contributed by atoms with E-state index in [0.717, 1.165) is 34.6 Å². The third kappa shape index (κ3) is 4.63. The van der Waals surface area contributed by atoms with Crippen LogP contribution < -0.4 is 10.7 Å². The fourth-order valence-corrected chi connectivity index (χ4v) is 2.64. The molecule has 4 nitrogen and oxygen atoms in total. The molecule has 0 bridgehead atoms. The highest BCUT2D eigenvalue weighted by Gasteiger charge is 1.98. The quantitative estimate of drug-likeness (QED) is 0.411. The predicted octanol–water partition coefficient (Wildman–Crippen LogP) is 5.45. The van der Waals surface area contributed by atoms with Gasteiger partial charge in [-0.1, -0.05) is 25.1 Å². The smallest absolute Gasteiger partial charge is 0.115 e. The molecule has 132 valence electrons. The molecule has 3 N–H and O–H groups in total. The van der Waals surface area contributed by atoms with Crippen molar-refractivity contribution in [1.29, 1.82) is 0 Å². The first-order chi connectivity index (χ1) is 12.6. The van der Waals surface area contributed by atoms with E-state index < -0.39 is 0 Å². The molecule has 3 aromatic carbocycles. The van der Waals surface area contributed by atoms with Crippen LogP contribution in [-0.4, -0.2) is 11.3 Å². The first kappa shape index (κ1) is 17.5. The third-order valence-electron chi connectivity index (χ3n) is 4.16. The molecule has 0 aliphatic heterocycles. The van der Waals surface area contributed by atoms with Gasteiger partial charge in [0.05, 0.1) is 11.9 Å². The van der Waals surface area contributed by atoms with Gasteiger partial charge in [-0.05, 0) is 78.6 Å². The van der Waals surface area contributed by atoms with Crippen LogP contribution in [0, 0.1) is 6.92 Å². The number of rotatable bonds is 6. The molecule has 0 saturated carbocycles. The summed E-state index contributed by atoms with van der Waals surface area (Å²) in [4.78, 5) is 0. The highest BCUT2D eigenvalue weighted by atomic mass is 16.3. The fraction of sp³-hybridized carbons (Fsp3) is 0.136. The van der Waals surface area contributed by atoms with Crippen molar-refractivity contribution in [3.8, 4) is 5.75 Å². The summed E-state index contributed by atoms with van der Waals surface area (Å²) in [7, 11) is 0. The van der Waals surface area contributed by atoms with E-state index in [2.05, 4.69) is 47.0 Å². The maximum atomic E-state index is 9.45. The number of benzene rings is 3. The van der Waals surface area contributed by atoms with Gasteiger partial charge in [-0.3, -0.25) is 5.43 Å². The standard InChI is InChI=1S/C22H23N3O/c1-3-17-7-10-19(11-8-17)24-20-5-4-6-21(14-20)25-23-15-18-9-12-22(26)13-16(18)2/h4-15,24-26H,3H2,1-2H3/b23-15+. The maximum Gasteiger partial charge on any atom is 0.115 e. The van der Waals surface area contributed by atoms with Crippen molar-refractivity contribution in [3.63, 3.8) is 0 Å². The Balaban J connectivity index is 1.65. The van der Waals surface area contributed by atoms with E-state index in [4.69, 9.17) is 0 Å². The Morgan fingerprint density at radius 2 is 1.69 bits per heavy atom. The summed E-state index contributed by atoms with van der Waals surface area (Å²) in [6, 6.07) is 21.6. The minimum atomic E-state index is 0.262. The van der Waals surface area contributed by atoms with Crippen LogP contribution in [0.1, 0.15) is 23.6 Å². The van der Waals surface area contributed by atoms with Crippen molar-refractivity contribution >= 4 is 23.3 Å². The van der Waals surface area contributed by atoms with Crippen molar-refractivity contribution in [3.05, 3.63) is 83.4 Å². The molecule has 3 aromatic rings. The van der Waals surface area contributed by atoms with Gasteiger partial charge in [0.2, 0.25) is 0 Å². The molecule has 0 amide bonds. The lowest BCUT2D eigenvalue weighted by Crippen LogP contribution is -1.95. The Kier molecular flexibility index (Phi) is 5.54. The van der Waals surface area contributed by atoms with Gasteiger partial charge in [-0.25, -0.2) is 0 Å². The second-order valence-electron chi connectivity index (χ2n) is 6.17. The van der Waals surface area contributed by atoms with Crippen molar-refractivity contribution in [1.82, 2.24) is 0 Å². The average molecular weight is 345 g/mol. The summed E-state index contributed by atoms with van der Waals surface area (Å²) >= 11 is 0. The SMILES string of the molecule is CCc1ccc(Nc2cccc(N/N=C/c3ccc(O)cc3C)c2)cc1. The van der Waals surface area contributed by atoms with Crippen LogP contribution in [-0.2, 0) is 6.42 Å². The molecular weight excluding hydrogens is 322 g/mol. The van der Waals surface area contributed by atoms with Crippen LogP contribution in [0.15, 0.2) is 71.8 Å². The molecule has 0 saturated heterocycles. The number of hydrazone groups is 1. The van der Waals surface area contributed by atoms with Gasteiger partial charge in [0, 0.05) is 11.4 Å². The normalized spacial score (nSPS) is 10.8. The van der Waals surface area contributed by atoms with Gasteiger partial charge in [0.1, 0.15) is 5.75 Å². The van der Waals surface area contributed by atoms with Crippen LogP contribution in [0.5, 0.6) is 5.75 Å². The van der Waals surface area contributed by atoms with Gasteiger partial charge >= 0.3 is 0 Å². The van der Waals surface area contributed by atoms with E-state index >= 15 is 0 Å². The summed E-state index contributed by atoms with van der Waals surface area (Å²) in [5.74, 6) is 0.262. The number of hydrogen-bond donors (Lipinski definition) is 3. The molecule has 0 heterocycles. The van der Waals surface area contributed by atoms with E-state index in [-0.39, 0.29) is 5.75 Å². The lowest BCUT2D eigenvalue weighted by Gasteiger charge is -2.09. The summed E-state index contributed by atoms with van der Waals surface area (Å²) in [6.45, 7) is 4.09. The van der Waals surface area contributed by atoms with Crippen LogP contribution in [0.2, 0.25) is 0 Å². The highest BCUT2D eigenvalue weighted by molar-refractivity contribution is 5.82. The average Bonchev–Trinajstić information content (AvgIpc) is 2.64. The van der Waals surface area contributed by atoms with E-state index in [1.165, 1.54) is 5.56 Å². The van der Waals surface area contributed by atoms with Gasteiger partial charge < -0.3 is 10.4 Å². The number of nitrogens with zero attached hydrogens (tertiary/aromatic N) is 1. The number of nitrogens with one attached hydrogen (secondary N) is 2. The molecule has 0 aromatic heterocycles. The zero-order valence-electron chi connectivity index (χ0n) is 15.0. The number of anilines is 3. The first-order valence-electron chi connectivity index (χ1n) is 8.69. The van der Waals surface area contributed by atoms with E-state index in [9.17, 15) is 5.11 Å². The first-order valence-corrected chi connectivity index (χ1v) is 8.69. The summed E-state index contributed by atoms with van der Waals surface area (Å²) in [5.41, 5.74) is 9.25. The Morgan fingerprint density at radius 1 is 0.923 bits per heavy atom. The van der Waals surface area contributed by atoms with Gasteiger partial charge in [-0.15, -0.1) is 0 Å². The summed E-state index contributed by atoms with van der Waals surface area (Å²) in [6.07, 6.45) is 2.79. The van der Waals surface area contributed by atoms with E-state index in [1.54, 1.807) is 18.3 Å². The molecule has 3 rings (SSSR count). The number of phenols is 1. The third-order valence-corrected chi connectivity index (χ3v) is 4.16. The summed E-state index contributed by atoms with van der Waals surface area (Å²) in [5, 5.41) is 17.1. The molecule has 0 atom stereocenters. The van der Waals surface area contributed by atoms with E-state index in [1.807, 2.05) is 37.3 Å². The van der Waals surface area contributed by atoms with Crippen molar-refractivity contribution in [2.24, 2.45) is 5.10 Å². The summed E-state index contributed by atoms with van der Waals surface area (Å²) < 4.78 is 0. The molecule has 26 heavy (non-hydrogen) atoms. The zero-order valence-corrected chi connectivity index (χ0v) is 15.0. The van der Waals surface area contributed by atoms with Crippen molar-refractivity contribution < 1.29 is 5.11 Å². The number of hydrogen-bond acceptors (Lipinski definition) is 4. The van der Waals surface area contributed by atoms with Crippen LogP contribution in [0.4, 0.5) is 17.1 Å². The van der Waals surface area contributed by atoms with Crippen molar-refractivity contribution in [2.75, 3.05) is 10.7 Å². The topological polar surface area (TPSA) is 56.7 Å². The minimum Gasteiger partial charge on any atom is -0.508 e. The Hall–Kier alpha value is -3.27.